The Morgan fingerprint density at radius 3 is 2.57 bits per heavy atom. The Bertz CT molecular complexity index is 534. The first kappa shape index (κ1) is 16.5. The molecule has 3 nitrogen and oxygen atoms in total. The number of rotatable bonds is 4. The van der Waals surface area contributed by atoms with Crippen LogP contribution in [-0.4, -0.2) is 22.0 Å². The average Bonchev–Trinajstić information content (AvgIpc) is 2.86. The van der Waals surface area contributed by atoms with E-state index in [4.69, 9.17) is 9.47 Å². The lowest BCUT2D eigenvalue weighted by molar-refractivity contribution is -0.00894. The van der Waals surface area contributed by atoms with E-state index < -0.39 is 0 Å². The Balaban J connectivity index is 2.44. The number of methoxy groups -OCH3 is 1. The van der Waals surface area contributed by atoms with Crippen molar-refractivity contribution >= 4 is 22.6 Å². The fourth-order valence-electron chi connectivity index (χ4n) is 2.73. The van der Waals surface area contributed by atoms with E-state index in [-0.39, 0.29) is 11.8 Å². The predicted octanol–water partition coefficient (Wildman–Crippen LogP) is 4.88. The van der Waals surface area contributed by atoms with Gasteiger partial charge in [0.25, 0.3) is 0 Å². The van der Waals surface area contributed by atoms with Crippen LogP contribution in [0.5, 0.6) is 5.75 Å². The van der Waals surface area contributed by atoms with Gasteiger partial charge in [-0.15, -0.1) is 0 Å². The van der Waals surface area contributed by atoms with Gasteiger partial charge in [-0.05, 0) is 32.9 Å². The first-order valence-electron chi connectivity index (χ1n) is 7.30. The number of halogens is 1. The smallest absolute Gasteiger partial charge is 0.198 e. The molecule has 1 unspecified atom stereocenters. The van der Waals surface area contributed by atoms with Crippen LogP contribution in [0, 0.1) is 0 Å². The van der Waals surface area contributed by atoms with Crippen molar-refractivity contribution < 1.29 is 9.47 Å². The van der Waals surface area contributed by atoms with E-state index in [1.807, 2.05) is 12.1 Å². The summed E-state index contributed by atoms with van der Waals surface area (Å²) in [4.78, 5) is 2.40. The Morgan fingerprint density at radius 2 is 2.05 bits per heavy atom. The average molecular weight is 401 g/mol. The number of nitrogens with zero attached hydrogens (tertiary/aromatic N) is 1. The van der Waals surface area contributed by atoms with E-state index >= 15 is 0 Å². The van der Waals surface area contributed by atoms with Gasteiger partial charge in [0.05, 0.1) is 12.8 Å². The van der Waals surface area contributed by atoms with Gasteiger partial charge < -0.3 is 14.4 Å². The van der Waals surface area contributed by atoms with Crippen LogP contribution in [0.15, 0.2) is 35.7 Å². The fourth-order valence-corrected chi connectivity index (χ4v) is 3.52. The second-order valence-electron chi connectivity index (χ2n) is 6.14. The summed E-state index contributed by atoms with van der Waals surface area (Å²) in [5.74, 6) is 1.97. The number of alkyl halides is 1. The summed E-state index contributed by atoms with van der Waals surface area (Å²) >= 11 is 2.42. The van der Waals surface area contributed by atoms with E-state index in [1.54, 1.807) is 7.11 Å². The molecule has 1 aromatic carbocycles. The van der Waals surface area contributed by atoms with Crippen molar-refractivity contribution in [1.29, 1.82) is 0 Å². The molecule has 0 saturated carbocycles. The quantitative estimate of drug-likeness (QED) is 0.530. The zero-order valence-corrected chi connectivity index (χ0v) is 15.6. The minimum atomic E-state index is -0.0696. The molecule has 0 fully saturated rings. The minimum absolute atomic E-state index is 0.00513. The molecule has 116 valence electrons. The predicted molar refractivity (Wildman–Crippen MR) is 94.6 cm³/mol. The van der Waals surface area contributed by atoms with Gasteiger partial charge in [-0.3, -0.25) is 0 Å². The van der Waals surface area contributed by atoms with E-state index in [2.05, 4.69) is 67.3 Å². The summed E-state index contributed by atoms with van der Waals surface area (Å²) in [5.41, 5.74) is 2.44. The highest BCUT2D eigenvalue weighted by Crippen LogP contribution is 2.43. The molecule has 21 heavy (non-hydrogen) atoms. The van der Waals surface area contributed by atoms with E-state index in [9.17, 15) is 0 Å². The molecular formula is C17H24INO2. The maximum absolute atomic E-state index is 6.28. The van der Waals surface area contributed by atoms with Crippen molar-refractivity contribution in [3.63, 3.8) is 0 Å². The van der Waals surface area contributed by atoms with Crippen molar-refractivity contribution in [2.45, 2.75) is 45.9 Å². The van der Waals surface area contributed by atoms with Gasteiger partial charge in [0.1, 0.15) is 11.5 Å². The normalized spacial score (nSPS) is 19.0. The summed E-state index contributed by atoms with van der Waals surface area (Å²) in [6.07, 6.45) is 0.852. The molecule has 0 aromatic heterocycles. The zero-order valence-electron chi connectivity index (χ0n) is 13.4. The zero-order chi connectivity index (χ0) is 15.6. The molecule has 1 heterocycles. The summed E-state index contributed by atoms with van der Waals surface area (Å²) in [5, 5.41) is 0. The van der Waals surface area contributed by atoms with Crippen LogP contribution in [0.4, 0.5) is 0 Å². The van der Waals surface area contributed by atoms with Crippen LogP contribution >= 0.6 is 22.6 Å². The number of hydrogen-bond donors (Lipinski definition) is 0. The van der Waals surface area contributed by atoms with Crippen LogP contribution in [0.25, 0.3) is 0 Å². The largest absolute Gasteiger partial charge is 0.497 e. The van der Waals surface area contributed by atoms with Crippen molar-refractivity contribution in [1.82, 2.24) is 4.90 Å². The molecule has 2 rings (SSSR count). The molecule has 0 spiro atoms. The van der Waals surface area contributed by atoms with Crippen molar-refractivity contribution in [2.75, 3.05) is 11.5 Å². The summed E-state index contributed by atoms with van der Waals surface area (Å²) in [7, 11) is 1.70. The molecule has 0 bridgehead atoms. The van der Waals surface area contributed by atoms with Gasteiger partial charge in [-0.25, -0.2) is 0 Å². The van der Waals surface area contributed by atoms with E-state index in [0.29, 0.717) is 0 Å². The Morgan fingerprint density at radius 1 is 1.33 bits per heavy atom. The molecule has 0 saturated heterocycles. The third kappa shape index (κ3) is 3.30. The standard InChI is InChI=1S/C17H24INO2/c1-6-15-14(11-18)19(17(2,3)4)16(21-15)12-8-7-9-13(10-12)20-5/h7-10,16H,6,11H2,1-5H3. The summed E-state index contributed by atoms with van der Waals surface area (Å²) in [6, 6.07) is 8.15. The Kier molecular flexibility index (Phi) is 5.07. The summed E-state index contributed by atoms with van der Waals surface area (Å²) < 4.78 is 12.6. The van der Waals surface area contributed by atoms with Crippen LogP contribution < -0.4 is 4.74 Å². The first-order valence-corrected chi connectivity index (χ1v) is 8.82. The highest BCUT2D eigenvalue weighted by molar-refractivity contribution is 14.1. The van der Waals surface area contributed by atoms with E-state index in [0.717, 1.165) is 27.9 Å². The van der Waals surface area contributed by atoms with Crippen molar-refractivity contribution in [3.05, 3.63) is 41.3 Å². The third-order valence-electron chi connectivity index (χ3n) is 3.65. The highest BCUT2D eigenvalue weighted by Gasteiger charge is 2.39. The van der Waals surface area contributed by atoms with E-state index in [1.165, 1.54) is 5.70 Å². The molecule has 0 radical (unpaired) electrons. The highest BCUT2D eigenvalue weighted by atomic mass is 127. The van der Waals surface area contributed by atoms with Gasteiger partial charge in [0, 0.05) is 22.0 Å². The SMILES string of the molecule is CCC1=C(CI)N(C(C)(C)C)C(c2cccc(OC)c2)O1. The number of ether oxygens (including phenoxy) is 2. The van der Waals surface area contributed by atoms with Crippen LogP contribution in [0.1, 0.15) is 45.9 Å². The number of allylic oxidation sites excluding steroid dienone is 2. The van der Waals surface area contributed by atoms with Crippen LogP contribution in [0.3, 0.4) is 0 Å². The second kappa shape index (κ2) is 6.46. The monoisotopic (exact) mass is 401 g/mol. The van der Waals surface area contributed by atoms with Gasteiger partial charge >= 0.3 is 0 Å². The molecular weight excluding hydrogens is 377 g/mol. The molecule has 1 aliphatic rings. The van der Waals surface area contributed by atoms with Crippen molar-refractivity contribution in [2.24, 2.45) is 0 Å². The Labute approximate surface area is 141 Å². The van der Waals surface area contributed by atoms with Gasteiger partial charge in [0.15, 0.2) is 6.23 Å². The fraction of sp³-hybridized carbons (Fsp3) is 0.529. The minimum Gasteiger partial charge on any atom is -0.497 e. The maximum Gasteiger partial charge on any atom is 0.198 e. The Hall–Kier alpha value is -0.910. The summed E-state index contributed by atoms with van der Waals surface area (Å²) in [6.45, 7) is 8.84. The lowest BCUT2D eigenvalue weighted by atomic mass is 10.0. The molecule has 1 aliphatic heterocycles. The lowest BCUT2D eigenvalue weighted by Crippen LogP contribution is -2.41. The van der Waals surface area contributed by atoms with Crippen LogP contribution in [0.2, 0.25) is 0 Å². The van der Waals surface area contributed by atoms with Crippen molar-refractivity contribution in [3.8, 4) is 5.75 Å². The van der Waals surface area contributed by atoms with Gasteiger partial charge in [-0.1, -0.05) is 41.6 Å². The van der Waals surface area contributed by atoms with Gasteiger partial charge in [0.2, 0.25) is 0 Å². The van der Waals surface area contributed by atoms with Crippen LogP contribution in [-0.2, 0) is 4.74 Å². The molecule has 1 atom stereocenters. The number of benzene rings is 1. The topological polar surface area (TPSA) is 21.7 Å². The molecule has 0 aliphatic carbocycles. The van der Waals surface area contributed by atoms with Gasteiger partial charge in [-0.2, -0.15) is 0 Å². The lowest BCUT2D eigenvalue weighted by Gasteiger charge is -2.39. The first-order chi connectivity index (χ1) is 9.92. The number of hydrogen-bond acceptors (Lipinski definition) is 3. The maximum atomic E-state index is 6.28. The molecule has 0 amide bonds. The third-order valence-corrected chi connectivity index (χ3v) is 4.37. The molecule has 4 heteroatoms. The molecule has 0 N–H and O–H groups in total. The second-order valence-corrected chi connectivity index (χ2v) is 6.91. The molecule has 1 aromatic rings.